The van der Waals surface area contributed by atoms with E-state index in [1.165, 1.54) is 24.3 Å². The van der Waals surface area contributed by atoms with Gasteiger partial charge in [-0.15, -0.1) is 0 Å². The molecule has 4 aromatic rings. The average molecular weight is 470 g/mol. The van der Waals surface area contributed by atoms with Crippen molar-refractivity contribution in [3.8, 4) is 5.75 Å². The van der Waals surface area contributed by atoms with Crippen LogP contribution >= 0.6 is 0 Å². The summed E-state index contributed by atoms with van der Waals surface area (Å²) >= 11 is 0. The van der Waals surface area contributed by atoms with Crippen LogP contribution in [0.1, 0.15) is 22.8 Å². The van der Waals surface area contributed by atoms with E-state index in [0.29, 0.717) is 29.1 Å². The van der Waals surface area contributed by atoms with E-state index in [9.17, 15) is 19.1 Å². The number of hydrogen-bond acceptors (Lipinski definition) is 3. The lowest BCUT2D eigenvalue weighted by molar-refractivity contribution is -0.115. The molecule has 4 rings (SSSR count). The molecule has 1 N–H and O–H groups in total. The van der Waals surface area contributed by atoms with Crippen LogP contribution in [0.25, 0.3) is 16.8 Å². The number of anilines is 1. The van der Waals surface area contributed by atoms with E-state index in [4.69, 9.17) is 4.74 Å². The zero-order valence-electron chi connectivity index (χ0n) is 19.1. The number of fused-ring (bicyclic) bond motifs is 1. The minimum atomic E-state index is -1.02. The molecule has 35 heavy (non-hydrogen) atoms. The highest BCUT2D eigenvalue weighted by atomic mass is 19.1. The fraction of sp³-hybridized carbons (Fsp3) is 0.103. The van der Waals surface area contributed by atoms with Crippen LogP contribution in [-0.4, -0.2) is 30.1 Å². The van der Waals surface area contributed by atoms with Crippen molar-refractivity contribution in [1.82, 2.24) is 0 Å². The van der Waals surface area contributed by atoms with E-state index in [2.05, 4.69) is 0 Å². The van der Waals surface area contributed by atoms with Gasteiger partial charge in [0.05, 0.1) is 11.1 Å². The third-order valence-corrected chi connectivity index (χ3v) is 5.61. The number of carbonyl (C=O) groups is 2. The molecular formula is C29H24FNO4. The second-order valence-electron chi connectivity index (χ2n) is 7.89. The van der Waals surface area contributed by atoms with Gasteiger partial charge < -0.3 is 14.7 Å². The summed E-state index contributed by atoms with van der Waals surface area (Å²) in [5.74, 6) is -1.05. The fourth-order valence-electron chi connectivity index (χ4n) is 3.80. The molecule has 176 valence electrons. The third-order valence-electron chi connectivity index (χ3n) is 5.61. The summed E-state index contributed by atoms with van der Waals surface area (Å²) in [6.07, 6.45) is 1.69. The third kappa shape index (κ3) is 5.55. The quantitative estimate of drug-likeness (QED) is 0.312. The van der Waals surface area contributed by atoms with Crippen LogP contribution in [0.3, 0.4) is 0 Å². The van der Waals surface area contributed by atoms with Gasteiger partial charge in [0, 0.05) is 17.6 Å². The molecule has 5 nitrogen and oxygen atoms in total. The molecule has 0 saturated heterocycles. The lowest BCUT2D eigenvalue weighted by Crippen LogP contribution is -2.33. The number of carbonyl (C=O) groups excluding carboxylic acids is 1. The number of amides is 1. The SMILES string of the molecule is CCN(C(=O)/C(=C/c1ccc(C(=O)O)cc1)COc1cccc2ccccc12)c1ccc(F)cc1. The Morgan fingerprint density at radius 2 is 1.60 bits per heavy atom. The van der Waals surface area contributed by atoms with Crippen LogP contribution in [-0.2, 0) is 4.79 Å². The molecule has 0 aliphatic rings. The number of hydrogen-bond donors (Lipinski definition) is 1. The van der Waals surface area contributed by atoms with Crippen molar-refractivity contribution in [2.24, 2.45) is 0 Å². The Morgan fingerprint density at radius 1 is 0.914 bits per heavy atom. The first-order valence-electron chi connectivity index (χ1n) is 11.2. The Labute approximate surface area is 202 Å². The highest BCUT2D eigenvalue weighted by molar-refractivity contribution is 6.08. The number of rotatable bonds is 8. The molecule has 0 atom stereocenters. The van der Waals surface area contributed by atoms with Gasteiger partial charge in [0.15, 0.2) is 0 Å². The van der Waals surface area contributed by atoms with Crippen molar-refractivity contribution < 1.29 is 23.8 Å². The summed E-state index contributed by atoms with van der Waals surface area (Å²) in [5.41, 5.74) is 1.75. The first-order valence-corrected chi connectivity index (χ1v) is 11.2. The number of nitrogens with zero attached hydrogens (tertiary/aromatic N) is 1. The van der Waals surface area contributed by atoms with Gasteiger partial charge in [-0.1, -0.05) is 48.5 Å². The predicted octanol–water partition coefficient (Wildman–Crippen LogP) is 6.19. The zero-order valence-corrected chi connectivity index (χ0v) is 19.1. The first kappa shape index (κ1) is 23.7. The maximum Gasteiger partial charge on any atom is 0.335 e. The van der Waals surface area contributed by atoms with Crippen LogP contribution in [0.4, 0.5) is 10.1 Å². The monoisotopic (exact) mass is 469 g/mol. The molecule has 0 heterocycles. The van der Waals surface area contributed by atoms with E-state index >= 15 is 0 Å². The van der Waals surface area contributed by atoms with Gasteiger partial charge in [0.1, 0.15) is 18.2 Å². The number of aromatic carboxylic acids is 1. The summed E-state index contributed by atoms with van der Waals surface area (Å²) < 4.78 is 19.6. The lowest BCUT2D eigenvalue weighted by atomic mass is 10.1. The van der Waals surface area contributed by atoms with Crippen molar-refractivity contribution in [2.45, 2.75) is 6.92 Å². The number of carboxylic acid groups (broad SMARTS) is 1. The summed E-state index contributed by atoms with van der Waals surface area (Å²) in [5, 5.41) is 11.1. The summed E-state index contributed by atoms with van der Waals surface area (Å²) in [7, 11) is 0. The average Bonchev–Trinajstić information content (AvgIpc) is 2.88. The number of carboxylic acids is 1. The number of halogens is 1. The molecule has 0 aliphatic heterocycles. The maximum atomic E-state index is 13.6. The molecule has 0 spiro atoms. The summed E-state index contributed by atoms with van der Waals surface area (Å²) in [6.45, 7) is 2.20. The standard InChI is InChI=1S/C29H24FNO4/c1-2-31(25-16-14-24(30)15-17-25)28(32)23(18-20-10-12-22(13-11-20)29(33)34)19-35-27-9-5-7-21-6-3-4-8-26(21)27/h3-18H,2,19H2,1H3,(H,33,34)/b23-18+. The van der Waals surface area contributed by atoms with Crippen LogP contribution in [0.15, 0.2) is 96.6 Å². The van der Waals surface area contributed by atoms with Crippen molar-refractivity contribution in [3.05, 3.63) is 114 Å². The molecule has 0 radical (unpaired) electrons. The molecule has 6 heteroatoms. The van der Waals surface area contributed by atoms with Crippen LogP contribution in [0.2, 0.25) is 0 Å². The number of ether oxygens (including phenoxy) is 1. The molecule has 1 amide bonds. The summed E-state index contributed by atoms with van der Waals surface area (Å²) in [4.78, 5) is 26.4. The van der Waals surface area contributed by atoms with Gasteiger partial charge in [0.25, 0.3) is 5.91 Å². The molecule has 0 saturated carbocycles. The van der Waals surface area contributed by atoms with Crippen molar-refractivity contribution in [2.75, 3.05) is 18.1 Å². The zero-order chi connectivity index (χ0) is 24.8. The second kappa shape index (κ2) is 10.7. The van der Waals surface area contributed by atoms with E-state index in [0.717, 1.165) is 10.8 Å². The minimum Gasteiger partial charge on any atom is -0.488 e. The molecule has 0 unspecified atom stereocenters. The number of likely N-dealkylation sites (N-methyl/N-ethyl adjacent to an activating group) is 1. The number of benzene rings is 4. The van der Waals surface area contributed by atoms with Crippen molar-refractivity contribution in [3.63, 3.8) is 0 Å². The maximum absolute atomic E-state index is 13.6. The molecule has 0 bridgehead atoms. The molecular weight excluding hydrogens is 445 g/mol. The highest BCUT2D eigenvalue weighted by Crippen LogP contribution is 2.26. The minimum absolute atomic E-state index is 0.00871. The van der Waals surface area contributed by atoms with Gasteiger partial charge in [-0.05, 0) is 66.4 Å². The molecule has 4 aromatic carbocycles. The largest absolute Gasteiger partial charge is 0.488 e. The predicted molar refractivity (Wildman–Crippen MR) is 135 cm³/mol. The topological polar surface area (TPSA) is 66.8 Å². The van der Waals surface area contributed by atoms with Crippen LogP contribution < -0.4 is 9.64 Å². The normalized spacial score (nSPS) is 11.3. The van der Waals surface area contributed by atoms with Gasteiger partial charge in [-0.2, -0.15) is 0 Å². The first-order chi connectivity index (χ1) is 17.0. The Hall–Kier alpha value is -4.45. The molecule has 0 fully saturated rings. The van der Waals surface area contributed by atoms with Crippen molar-refractivity contribution in [1.29, 1.82) is 0 Å². The Kier molecular flexibility index (Phi) is 7.21. The van der Waals surface area contributed by atoms with E-state index < -0.39 is 5.97 Å². The van der Waals surface area contributed by atoms with Crippen LogP contribution in [0, 0.1) is 5.82 Å². The van der Waals surface area contributed by atoms with Gasteiger partial charge in [-0.25, -0.2) is 9.18 Å². The fourth-order valence-corrected chi connectivity index (χ4v) is 3.80. The lowest BCUT2D eigenvalue weighted by Gasteiger charge is -2.23. The van der Waals surface area contributed by atoms with E-state index in [1.807, 2.05) is 49.4 Å². The molecule has 0 aliphatic carbocycles. The van der Waals surface area contributed by atoms with E-state index in [-0.39, 0.29) is 23.9 Å². The summed E-state index contributed by atoms with van der Waals surface area (Å²) in [6, 6.07) is 25.5. The van der Waals surface area contributed by atoms with Gasteiger partial charge in [-0.3, -0.25) is 4.79 Å². The van der Waals surface area contributed by atoms with Gasteiger partial charge in [0.2, 0.25) is 0 Å². The Morgan fingerprint density at radius 3 is 2.29 bits per heavy atom. The van der Waals surface area contributed by atoms with E-state index in [1.54, 1.807) is 35.2 Å². The second-order valence-corrected chi connectivity index (χ2v) is 7.89. The highest BCUT2D eigenvalue weighted by Gasteiger charge is 2.20. The smallest absolute Gasteiger partial charge is 0.335 e. The molecule has 0 aromatic heterocycles. The van der Waals surface area contributed by atoms with Gasteiger partial charge >= 0.3 is 5.97 Å². The Balaban J connectivity index is 1.68. The van der Waals surface area contributed by atoms with Crippen molar-refractivity contribution >= 4 is 34.4 Å². The Bertz CT molecular complexity index is 1370. The van der Waals surface area contributed by atoms with Crippen LogP contribution in [0.5, 0.6) is 5.75 Å².